The van der Waals surface area contributed by atoms with Crippen molar-refractivity contribution in [2.24, 2.45) is 0 Å². The van der Waals surface area contributed by atoms with E-state index in [2.05, 4.69) is 10.1 Å². The Morgan fingerprint density at radius 3 is 2.30 bits per heavy atom. The monoisotopic (exact) mass is 463 g/mol. The zero-order chi connectivity index (χ0) is 24.2. The van der Waals surface area contributed by atoms with Gasteiger partial charge in [0.25, 0.3) is 5.91 Å². The van der Waals surface area contributed by atoms with Gasteiger partial charge in [0, 0.05) is 30.1 Å². The third-order valence-electron chi connectivity index (χ3n) is 5.02. The molecule has 0 aliphatic rings. The molecular weight excluding hydrogens is 439 g/mol. The largest absolute Gasteiger partial charge is 0.493 e. The van der Waals surface area contributed by atoms with Gasteiger partial charge in [-0.3, -0.25) is 4.79 Å². The molecule has 0 bridgehead atoms. The maximum absolute atomic E-state index is 12.9. The fraction of sp³-hybridized carbons (Fsp3) is 0.348. The Labute approximate surface area is 189 Å². The molecule has 2 aromatic carbocycles. The molecule has 33 heavy (non-hydrogen) atoms. The van der Waals surface area contributed by atoms with E-state index in [-0.39, 0.29) is 30.5 Å². The van der Waals surface area contributed by atoms with Gasteiger partial charge < -0.3 is 18.9 Å². The Kier molecular flexibility index (Phi) is 7.25. The second-order valence-electron chi connectivity index (χ2n) is 7.50. The summed E-state index contributed by atoms with van der Waals surface area (Å²) >= 11 is 0. The van der Waals surface area contributed by atoms with Crippen LogP contribution in [0.1, 0.15) is 35.7 Å². The Morgan fingerprint density at radius 2 is 1.73 bits per heavy atom. The van der Waals surface area contributed by atoms with Gasteiger partial charge in [0.05, 0.1) is 19.8 Å². The van der Waals surface area contributed by atoms with Gasteiger partial charge in [-0.05, 0) is 56.3 Å². The Bertz CT molecular complexity index is 1100. The summed E-state index contributed by atoms with van der Waals surface area (Å²) in [5.41, 5.74) is 0.0427. The molecular formula is C23H24F3N3O4. The highest BCUT2D eigenvalue weighted by molar-refractivity contribution is 5.94. The van der Waals surface area contributed by atoms with Gasteiger partial charge >= 0.3 is 6.18 Å². The molecule has 0 spiro atoms. The normalized spacial score (nSPS) is 11.5. The first kappa shape index (κ1) is 24.1. The first-order chi connectivity index (χ1) is 15.6. The number of methoxy groups -OCH3 is 2. The van der Waals surface area contributed by atoms with Gasteiger partial charge in [0.2, 0.25) is 11.7 Å². The molecule has 0 N–H and O–H groups in total. The average molecular weight is 463 g/mol. The quantitative estimate of drug-likeness (QED) is 0.475. The predicted octanol–water partition coefficient (Wildman–Crippen LogP) is 4.87. The molecule has 0 fully saturated rings. The SMILES string of the molecule is COc1ccc(-c2noc(CCN(C(=O)c3ccc(C(F)(F)F)cc3)C(C)C)n2)cc1OC. The number of halogens is 3. The lowest BCUT2D eigenvalue weighted by Crippen LogP contribution is -2.38. The minimum Gasteiger partial charge on any atom is -0.493 e. The van der Waals surface area contributed by atoms with Crippen molar-refractivity contribution in [1.29, 1.82) is 0 Å². The van der Waals surface area contributed by atoms with E-state index in [0.717, 1.165) is 12.1 Å². The van der Waals surface area contributed by atoms with Crippen molar-refractivity contribution < 1.29 is 32.0 Å². The van der Waals surface area contributed by atoms with E-state index in [4.69, 9.17) is 14.0 Å². The zero-order valence-electron chi connectivity index (χ0n) is 18.6. The van der Waals surface area contributed by atoms with Crippen LogP contribution < -0.4 is 9.47 Å². The number of carbonyl (C=O) groups excluding carboxylic acids is 1. The van der Waals surface area contributed by atoms with E-state index in [1.54, 1.807) is 23.1 Å². The summed E-state index contributed by atoms with van der Waals surface area (Å²) in [5, 5.41) is 3.98. The molecule has 0 radical (unpaired) electrons. The molecule has 176 valence electrons. The summed E-state index contributed by atoms with van der Waals surface area (Å²) in [4.78, 5) is 18.8. The third kappa shape index (κ3) is 5.63. The van der Waals surface area contributed by atoms with Gasteiger partial charge in [-0.15, -0.1) is 0 Å². The second-order valence-corrected chi connectivity index (χ2v) is 7.50. The van der Waals surface area contributed by atoms with Gasteiger partial charge in [-0.1, -0.05) is 5.16 Å². The fourth-order valence-electron chi connectivity index (χ4n) is 3.23. The van der Waals surface area contributed by atoms with Crippen LogP contribution in [0, 0.1) is 0 Å². The standard InChI is InChI=1S/C23H24F3N3O4/c1-14(2)29(22(30)15-5-8-17(9-6-15)23(24,25)26)12-11-20-27-21(28-33-20)16-7-10-18(31-3)19(13-16)32-4/h5-10,13-14H,11-12H2,1-4H3. The molecule has 1 amide bonds. The number of alkyl halides is 3. The van der Waals surface area contributed by atoms with E-state index in [1.807, 2.05) is 13.8 Å². The fourth-order valence-corrected chi connectivity index (χ4v) is 3.23. The van der Waals surface area contributed by atoms with E-state index in [1.165, 1.54) is 26.4 Å². The molecule has 0 atom stereocenters. The van der Waals surface area contributed by atoms with Crippen molar-refractivity contribution in [3.63, 3.8) is 0 Å². The molecule has 0 unspecified atom stereocenters. The number of benzene rings is 2. The van der Waals surface area contributed by atoms with Gasteiger partial charge in [-0.2, -0.15) is 18.2 Å². The number of nitrogens with zero attached hydrogens (tertiary/aromatic N) is 3. The molecule has 7 nitrogen and oxygen atoms in total. The molecule has 0 aliphatic heterocycles. The van der Waals surface area contributed by atoms with Gasteiger partial charge in [0.1, 0.15) is 0 Å². The summed E-state index contributed by atoms with van der Waals surface area (Å²) in [7, 11) is 3.06. The van der Waals surface area contributed by atoms with Gasteiger partial charge in [0.15, 0.2) is 11.5 Å². The van der Waals surface area contributed by atoms with Crippen LogP contribution in [0.3, 0.4) is 0 Å². The van der Waals surface area contributed by atoms with E-state index >= 15 is 0 Å². The number of hydrogen-bond acceptors (Lipinski definition) is 6. The minimum absolute atomic E-state index is 0.174. The number of hydrogen-bond donors (Lipinski definition) is 0. The van der Waals surface area contributed by atoms with Crippen molar-refractivity contribution in [3.05, 3.63) is 59.5 Å². The van der Waals surface area contributed by atoms with Crippen LogP contribution in [-0.4, -0.2) is 47.8 Å². The number of amides is 1. The lowest BCUT2D eigenvalue weighted by Gasteiger charge is -2.26. The highest BCUT2D eigenvalue weighted by Crippen LogP contribution is 2.31. The molecule has 1 aromatic heterocycles. The number of ether oxygens (including phenoxy) is 2. The van der Waals surface area contributed by atoms with Gasteiger partial charge in [-0.25, -0.2) is 0 Å². The molecule has 3 rings (SSSR count). The van der Waals surface area contributed by atoms with E-state index in [9.17, 15) is 18.0 Å². The van der Waals surface area contributed by atoms with E-state index in [0.29, 0.717) is 28.8 Å². The molecule has 1 heterocycles. The highest BCUT2D eigenvalue weighted by atomic mass is 19.4. The number of carbonyl (C=O) groups is 1. The maximum atomic E-state index is 12.9. The van der Waals surface area contributed by atoms with Crippen LogP contribution in [0.25, 0.3) is 11.4 Å². The van der Waals surface area contributed by atoms with Crippen molar-refractivity contribution in [3.8, 4) is 22.9 Å². The first-order valence-electron chi connectivity index (χ1n) is 10.2. The Morgan fingerprint density at radius 1 is 1.06 bits per heavy atom. The third-order valence-corrected chi connectivity index (χ3v) is 5.02. The molecule has 0 saturated heterocycles. The smallest absolute Gasteiger partial charge is 0.416 e. The Hall–Kier alpha value is -3.56. The summed E-state index contributed by atoms with van der Waals surface area (Å²) < 4.78 is 54.2. The summed E-state index contributed by atoms with van der Waals surface area (Å²) in [5.74, 6) is 1.40. The number of aromatic nitrogens is 2. The topological polar surface area (TPSA) is 77.7 Å². The van der Waals surface area contributed by atoms with Crippen LogP contribution in [-0.2, 0) is 12.6 Å². The predicted molar refractivity (Wildman–Crippen MR) is 114 cm³/mol. The Balaban J connectivity index is 1.71. The summed E-state index contributed by atoms with van der Waals surface area (Å²) in [6.45, 7) is 3.90. The molecule has 0 aliphatic carbocycles. The van der Waals surface area contributed by atoms with Crippen molar-refractivity contribution in [2.75, 3.05) is 20.8 Å². The maximum Gasteiger partial charge on any atom is 0.416 e. The second kappa shape index (κ2) is 9.93. The van der Waals surface area contributed by atoms with Crippen LogP contribution in [0.2, 0.25) is 0 Å². The lowest BCUT2D eigenvalue weighted by molar-refractivity contribution is -0.137. The molecule has 0 saturated carbocycles. The van der Waals surface area contributed by atoms with E-state index < -0.39 is 11.7 Å². The van der Waals surface area contributed by atoms with Crippen LogP contribution in [0.5, 0.6) is 11.5 Å². The zero-order valence-corrected chi connectivity index (χ0v) is 18.6. The minimum atomic E-state index is -4.46. The van der Waals surface area contributed by atoms with Crippen LogP contribution >= 0.6 is 0 Å². The first-order valence-corrected chi connectivity index (χ1v) is 10.2. The van der Waals surface area contributed by atoms with Crippen molar-refractivity contribution in [1.82, 2.24) is 15.0 Å². The molecule has 3 aromatic rings. The molecule has 10 heteroatoms. The number of rotatable bonds is 8. The van der Waals surface area contributed by atoms with Crippen molar-refractivity contribution >= 4 is 5.91 Å². The van der Waals surface area contributed by atoms with Crippen LogP contribution in [0.4, 0.5) is 13.2 Å². The summed E-state index contributed by atoms with van der Waals surface area (Å²) in [6, 6.07) is 9.20. The van der Waals surface area contributed by atoms with Crippen LogP contribution in [0.15, 0.2) is 47.0 Å². The average Bonchev–Trinajstić information content (AvgIpc) is 3.27. The van der Waals surface area contributed by atoms with Crippen molar-refractivity contribution in [2.45, 2.75) is 32.5 Å². The lowest BCUT2D eigenvalue weighted by atomic mass is 10.1. The summed E-state index contributed by atoms with van der Waals surface area (Å²) in [6.07, 6.45) is -4.17. The highest BCUT2D eigenvalue weighted by Gasteiger charge is 2.30.